The molecule has 0 aromatic heterocycles. The van der Waals surface area contributed by atoms with Crippen molar-refractivity contribution in [3.8, 4) is 5.75 Å². The summed E-state index contributed by atoms with van der Waals surface area (Å²) in [4.78, 5) is 42.8. The van der Waals surface area contributed by atoms with Crippen LogP contribution in [0, 0.1) is 0 Å². The molecule has 94 heavy (non-hydrogen) atoms. The molecular weight excluding hydrogens is 1350 g/mol. The van der Waals surface area contributed by atoms with Crippen molar-refractivity contribution in [2.45, 2.75) is 117 Å². The summed E-state index contributed by atoms with van der Waals surface area (Å²) in [7, 11) is -9.13. The Morgan fingerprint density at radius 2 is 1.37 bits per heavy atom. The lowest BCUT2D eigenvalue weighted by Crippen LogP contribution is -2.38. The molecule has 7 N–H and O–H groups in total. The van der Waals surface area contributed by atoms with Crippen molar-refractivity contribution in [2.24, 2.45) is 0 Å². The van der Waals surface area contributed by atoms with Crippen molar-refractivity contribution in [3.05, 3.63) is 137 Å². The third kappa shape index (κ3) is 19.3. The first-order valence-corrected chi connectivity index (χ1v) is 36.1. The summed E-state index contributed by atoms with van der Waals surface area (Å²) in [6, 6.07) is 19.4. The standard InChI is InChI=1S/C61H73N5O22S6/c1-60(2)49-38-43(63(30-9-35-89-85-81-70)31-10-36-90-86-82-71)17-23-50(49)64(33-11-37-93(74,75)76)53(60)25-15-41-12-8-13-42(59(41)80-44-18-20-45(21-19-44)91-87-83-72)16-26-54-61(3,4)58-48-39-46(92-88-84-73)40-52(94(77,78)79)47(48)22-24-51(58)65(54)32-7-5-6-14-55(67)62-29-34-66-56(68)27-28-57(66)69/h15-28,38-40H,5-14,29-37H2,1-4H3,(H6-,62,67,70,71,72,73,74,75,76,77,78,79)/p+1. The summed E-state index contributed by atoms with van der Waals surface area (Å²) in [6.07, 6.45) is 15.6. The summed E-state index contributed by atoms with van der Waals surface area (Å²) < 4.78 is 98.5. The average molecular weight is 1420 g/mol. The fraction of sp³-hybridized carbons (Fsp3) is 0.410. The van der Waals surface area contributed by atoms with Gasteiger partial charge in [-0.05, 0) is 148 Å². The van der Waals surface area contributed by atoms with Crippen molar-refractivity contribution in [2.75, 3.05) is 66.3 Å². The van der Waals surface area contributed by atoms with Gasteiger partial charge < -0.3 is 19.9 Å². The molecule has 0 spiro atoms. The van der Waals surface area contributed by atoms with E-state index in [1.807, 2.05) is 56.4 Å². The number of hydrogen-bond donors (Lipinski definition) is 7. The molecule has 0 saturated heterocycles. The van der Waals surface area contributed by atoms with Gasteiger partial charge in [-0.15, -0.1) is 17.3 Å². The van der Waals surface area contributed by atoms with Crippen LogP contribution in [0.2, 0.25) is 0 Å². The van der Waals surface area contributed by atoms with Gasteiger partial charge in [-0.25, -0.2) is 21.0 Å². The number of fused-ring (bicyclic) bond motifs is 4. The Hall–Kier alpha value is -5.74. The fourth-order valence-corrected chi connectivity index (χ4v) is 14.9. The number of nitrogens with zero attached hydrogens (tertiary/aromatic N) is 4. The maximum Gasteiger partial charge on any atom is 0.295 e. The highest BCUT2D eigenvalue weighted by Crippen LogP contribution is 2.53. The number of carbonyl (C=O) groups is 3. The van der Waals surface area contributed by atoms with Crippen molar-refractivity contribution in [3.63, 3.8) is 0 Å². The summed E-state index contributed by atoms with van der Waals surface area (Å²) in [5, 5.41) is 54.0. The largest absolute Gasteiger partial charge is 0.457 e. The molecule has 4 aromatic rings. The van der Waals surface area contributed by atoms with Gasteiger partial charge in [0.2, 0.25) is 11.6 Å². The number of anilines is 2. The maximum atomic E-state index is 13.1. The van der Waals surface area contributed by atoms with E-state index in [0.29, 0.717) is 116 Å². The number of nitrogens with one attached hydrogen (secondary N) is 1. The van der Waals surface area contributed by atoms with Gasteiger partial charge in [-0.2, -0.15) is 21.4 Å². The normalized spacial score (nSPS) is 17.1. The Bertz CT molecular complexity index is 3770. The van der Waals surface area contributed by atoms with Crippen LogP contribution in [-0.4, -0.2) is 136 Å². The van der Waals surface area contributed by atoms with E-state index in [9.17, 15) is 40.3 Å². The average Bonchev–Trinajstić information content (AvgIpc) is 1.55. The van der Waals surface area contributed by atoms with Crippen molar-refractivity contribution in [1.29, 1.82) is 0 Å². The Balaban J connectivity index is 1.19. The van der Waals surface area contributed by atoms with E-state index in [1.165, 1.54) is 18.2 Å². The minimum atomic E-state index is -4.82. The fourth-order valence-electron chi connectivity index (χ4n) is 12.0. The number of carbonyl (C=O) groups excluding carboxylic acids is 3. The summed E-state index contributed by atoms with van der Waals surface area (Å²) >= 11 is 3.23. The lowest BCUT2D eigenvalue weighted by Gasteiger charge is -2.28. The highest BCUT2D eigenvalue weighted by atomic mass is 32.2. The number of allylic oxidation sites excluding steroid dienone is 7. The number of amides is 3. The zero-order valence-corrected chi connectivity index (χ0v) is 56.6. The minimum absolute atomic E-state index is 0.0463. The van der Waals surface area contributed by atoms with Crippen LogP contribution in [0.3, 0.4) is 0 Å². The molecule has 0 bridgehead atoms. The highest BCUT2D eigenvalue weighted by Gasteiger charge is 2.45. The van der Waals surface area contributed by atoms with Gasteiger partial charge in [0.15, 0.2) is 5.71 Å². The second-order valence-corrected chi connectivity index (χ2v) is 29.1. The molecule has 4 aromatic carbocycles. The molecule has 1 aliphatic carbocycles. The molecule has 3 aliphatic heterocycles. The number of unbranched alkanes of at least 4 members (excludes halogenated alkanes) is 2. The molecule has 8 rings (SSSR count). The van der Waals surface area contributed by atoms with Crippen molar-refractivity contribution in [1.82, 2.24) is 10.2 Å². The van der Waals surface area contributed by atoms with Gasteiger partial charge in [0.1, 0.15) is 22.9 Å². The predicted molar refractivity (Wildman–Crippen MR) is 352 cm³/mol. The van der Waals surface area contributed by atoms with E-state index in [4.69, 9.17) is 30.1 Å². The van der Waals surface area contributed by atoms with Gasteiger partial charge in [-0.1, -0.05) is 52.6 Å². The van der Waals surface area contributed by atoms with Crippen LogP contribution in [-0.2, 0) is 82.9 Å². The van der Waals surface area contributed by atoms with Crippen LogP contribution in [0.15, 0.2) is 140 Å². The molecule has 0 fully saturated rings. The highest BCUT2D eigenvalue weighted by molar-refractivity contribution is 7.95. The topological polar surface area (TPSA) is 349 Å². The second-order valence-electron chi connectivity index (χ2n) is 23.0. The monoisotopic (exact) mass is 1420 g/mol. The van der Waals surface area contributed by atoms with Crippen LogP contribution in [0.5, 0.6) is 5.75 Å². The number of ether oxygens (including phenoxy) is 1. The molecule has 0 radical (unpaired) electrons. The maximum absolute atomic E-state index is 13.1. The molecular formula is C61H74N5O22S6+. The molecule has 510 valence electrons. The Kier molecular flexibility index (Phi) is 27.2. The van der Waals surface area contributed by atoms with Crippen molar-refractivity contribution < 1.29 is 108 Å². The smallest absolute Gasteiger partial charge is 0.295 e. The first kappa shape index (κ1) is 74.1. The Morgan fingerprint density at radius 3 is 2.02 bits per heavy atom. The third-order valence-electron chi connectivity index (χ3n) is 16.2. The van der Waals surface area contributed by atoms with Crippen LogP contribution in [0.25, 0.3) is 10.8 Å². The summed E-state index contributed by atoms with van der Waals surface area (Å²) in [6.45, 7) is 10.2. The van der Waals surface area contributed by atoms with E-state index in [1.54, 1.807) is 36.4 Å². The van der Waals surface area contributed by atoms with Gasteiger partial charge in [-0.3, -0.25) is 28.4 Å². The molecule has 3 amide bonds. The Morgan fingerprint density at radius 1 is 0.702 bits per heavy atom. The Labute approximate surface area is 561 Å². The molecule has 0 atom stereocenters. The van der Waals surface area contributed by atoms with E-state index in [0.717, 1.165) is 91.8 Å². The lowest BCUT2D eigenvalue weighted by atomic mass is 9.80. The molecule has 33 heteroatoms. The SMILES string of the molecule is CC1(C)C(/C=C/C2=C(Oc3ccc(SOOO)cc3)C(=C/C=C3/N(CCCCCC(=O)NCCN4C(=O)C=CC4=O)c4ccc5c(S(=O)(=O)O)cc(SOOO)cc5c4C3(C)C)/CCC2)=[N+](CCCS(=O)(=O)O)c2ccc(N(CCCSOOO)CCCSOOO)cc21. The van der Waals surface area contributed by atoms with Crippen LogP contribution >= 0.6 is 48.2 Å². The van der Waals surface area contributed by atoms with Gasteiger partial charge >= 0.3 is 0 Å². The van der Waals surface area contributed by atoms with Crippen molar-refractivity contribution >= 4 is 120 Å². The summed E-state index contributed by atoms with van der Waals surface area (Å²) in [5.74, 6) is 0.431. The molecule has 0 saturated carbocycles. The van der Waals surface area contributed by atoms with Crippen LogP contribution in [0.1, 0.15) is 103 Å². The molecule has 0 unspecified atom stereocenters. The van der Waals surface area contributed by atoms with Crippen LogP contribution in [0.4, 0.5) is 17.1 Å². The first-order valence-electron chi connectivity index (χ1n) is 29.8. The number of rotatable bonds is 38. The van der Waals surface area contributed by atoms with Gasteiger partial charge in [0.25, 0.3) is 32.1 Å². The summed E-state index contributed by atoms with van der Waals surface area (Å²) in [5.41, 5.74) is 5.87. The number of benzene rings is 4. The lowest BCUT2D eigenvalue weighted by molar-refractivity contribution is -0.437. The van der Waals surface area contributed by atoms with Crippen LogP contribution < -0.4 is 19.9 Å². The number of hydrogen-bond acceptors (Lipinski definition) is 26. The van der Waals surface area contributed by atoms with E-state index in [2.05, 4.69) is 72.8 Å². The van der Waals surface area contributed by atoms with Gasteiger partial charge in [0.05, 0.1) is 35.3 Å². The molecule has 27 nitrogen and oxygen atoms in total. The second kappa shape index (κ2) is 34.5. The van der Waals surface area contributed by atoms with E-state index < -0.39 is 53.5 Å². The molecule has 3 heterocycles. The predicted octanol–water partition coefficient (Wildman–Crippen LogP) is 11.6. The minimum Gasteiger partial charge on any atom is -0.457 e. The van der Waals surface area contributed by atoms with Gasteiger partial charge in [0, 0.05) is 149 Å². The van der Waals surface area contributed by atoms with E-state index >= 15 is 0 Å². The zero-order valence-electron chi connectivity index (χ0n) is 51.7. The first-order chi connectivity index (χ1) is 45.0. The zero-order chi connectivity index (χ0) is 67.6. The van der Waals surface area contributed by atoms with E-state index in [-0.39, 0.29) is 48.7 Å². The quantitative estimate of drug-likeness (QED) is 0.00417. The number of imide groups is 1. The molecule has 4 aliphatic rings. The third-order valence-corrected chi connectivity index (χ3v) is 20.3.